The molecule has 0 saturated heterocycles. The maximum atomic E-state index is 11.5. The molecule has 0 aromatic heterocycles. The van der Waals surface area contributed by atoms with Crippen LogP contribution >= 0.6 is 0 Å². The molecule has 3 nitrogen and oxygen atoms in total. The second kappa shape index (κ2) is 7.75. The number of hydrogen-bond acceptors (Lipinski definition) is 1. The number of carbonyl (C=O) groups is 1. The Balaban J connectivity index is 2.15. The van der Waals surface area contributed by atoms with Gasteiger partial charge in [-0.1, -0.05) is 43.7 Å². The number of nitrogens with one attached hydrogen (secondary N) is 2. The standard InChI is InChI=1S/C15H24N2O/c1-12(2)7-9-16-15(18)17-10-8-14-6-4-5-13(3)11-14/h4-6,11-12H,7-10H2,1-3H3,(H2,16,17,18). The predicted molar refractivity (Wildman–Crippen MR) is 75.7 cm³/mol. The third-order valence-corrected chi connectivity index (χ3v) is 2.79. The van der Waals surface area contributed by atoms with Crippen molar-refractivity contribution in [1.82, 2.24) is 10.6 Å². The first-order valence-electron chi connectivity index (χ1n) is 6.65. The van der Waals surface area contributed by atoms with Crippen molar-refractivity contribution in [2.24, 2.45) is 5.92 Å². The average Bonchev–Trinajstić information content (AvgIpc) is 2.28. The van der Waals surface area contributed by atoms with Crippen LogP contribution in [0.3, 0.4) is 0 Å². The number of carbonyl (C=O) groups excluding carboxylic acids is 1. The van der Waals surface area contributed by atoms with Gasteiger partial charge in [0.15, 0.2) is 0 Å². The third kappa shape index (κ3) is 6.28. The zero-order valence-corrected chi connectivity index (χ0v) is 11.6. The molecule has 0 unspecified atom stereocenters. The van der Waals surface area contributed by atoms with Gasteiger partial charge in [-0.15, -0.1) is 0 Å². The highest BCUT2D eigenvalue weighted by Gasteiger charge is 2.00. The van der Waals surface area contributed by atoms with Crippen LogP contribution in [0.15, 0.2) is 24.3 Å². The monoisotopic (exact) mass is 248 g/mol. The van der Waals surface area contributed by atoms with E-state index in [1.165, 1.54) is 11.1 Å². The minimum Gasteiger partial charge on any atom is -0.338 e. The lowest BCUT2D eigenvalue weighted by atomic mass is 10.1. The quantitative estimate of drug-likeness (QED) is 0.798. The van der Waals surface area contributed by atoms with Crippen LogP contribution in [0.5, 0.6) is 0 Å². The number of aryl methyl sites for hydroxylation is 1. The van der Waals surface area contributed by atoms with Crippen LogP contribution in [0.2, 0.25) is 0 Å². The summed E-state index contributed by atoms with van der Waals surface area (Å²) >= 11 is 0. The van der Waals surface area contributed by atoms with Crippen LogP contribution in [0.4, 0.5) is 4.79 Å². The van der Waals surface area contributed by atoms with Crippen molar-refractivity contribution in [3.8, 4) is 0 Å². The molecular weight excluding hydrogens is 224 g/mol. The molecule has 100 valence electrons. The van der Waals surface area contributed by atoms with Gasteiger partial charge in [0.2, 0.25) is 0 Å². The lowest BCUT2D eigenvalue weighted by Gasteiger charge is -2.09. The van der Waals surface area contributed by atoms with Crippen molar-refractivity contribution in [2.45, 2.75) is 33.6 Å². The summed E-state index contributed by atoms with van der Waals surface area (Å²) in [5.41, 5.74) is 2.52. The Hall–Kier alpha value is -1.51. The first kappa shape index (κ1) is 14.6. The SMILES string of the molecule is Cc1cccc(CCNC(=O)NCCC(C)C)c1. The second-order valence-electron chi connectivity index (χ2n) is 5.10. The van der Waals surface area contributed by atoms with Crippen LogP contribution in [0, 0.1) is 12.8 Å². The van der Waals surface area contributed by atoms with E-state index in [9.17, 15) is 4.79 Å². The van der Waals surface area contributed by atoms with Gasteiger partial charge in [-0.2, -0.15) is 0 Å². The zero-order chi connectivity index (χ0) is 13.4. The number of benzene rings is 1. The Morgan fingerprint density at radius 2 is 1.94 bits per heavy atom. The lowest BCUT2D eigenvalue weighted by molar-refractivity contribution is 0.240. The van der Waals surface area contributed by atoms with E-state index < -0.39 is 0 Å². The first-order chi connectivity index (χ1) is 8.58. The van der Waals surface area contributed by atoms with Crippen LogP contribution in [0.25, 0.3) is 0 Å². The van der Waals surface area contributed by atoms with Gasteiger partial charge in [0.1, 0.15) is 0 Å². The molecule has 0 saturated carbocycles. The fraction of sp³-hybridized carbons (Fsp3) is 0.533. The summed E-state index contributed by atoms with van der Waals surface area (Å²) in [6.45, 7) is 7.80. The van der Waals surface area contributed by atoms with Crippen molar-refractivity contribution in [1.29, 1.82) is 0 Å². The molecule has 2 N–H and O–H groups in total. The molecule has 0 aliphatic heterocycles. The molecule has 0 heterocycles. The molecule has 0 bridgehead atoms. The van der Waals surface area contributed by atoms with Crippen LogP contribution in [-0.2, 0) is 6.42 Å². The Morgan fingerprint density at radius 3 is 2.61 bits per heavy atom. The van der Waals surface area contributed by atoms with E-state index in [0.29, 0.717) is 12.5 Å². The summed E-state index contributed by atoms with van der Waals surface area (Å²) in [6.07, 6.45) is 1.89. The topological polar surface area (TPSA) is 41.1 Å². The largest absolute Gasteiger partial charge is 0.338 e. The maximum absolute atomic E-state index is 11.5. The second-order valence-corrected chi connectivity index (χ2v) is 5.10. The highest BCUT2D eigenvalue weighted by molar-refractivity contribution is 5.73. The van der Waals surface area contributed by atoms with E-state index >= 15 is 0 Å². The summed E-state index contributed by atoms with van der Waals surface area (Å²) in [6, 6.07) is 8.30. The normalized spacial score (nSPS) is 10.4. The number of urea groups is 1. The average molecular weight is 248 g/mol. The van der Waals surface area contributed by atoms with E-state index in [4.69, 9.17) is 0 Å². The molecule has 0 fully saturated rings. The van der Waals surface area contributed by atoms with Crippen LogP contribution in [0.1, 0.15) is 31.4 Å². The van der Waals surface area contributed by atoms with Crippen molar-refractivity contribution >= 4 is 6.03 Å². The van der Waals surface area contributed by atoms with Gasteiger partial charge in [-0.05, 0) is 31.2 Å². The summed E-state index contributed by atoms with van der Waals surface area (Å²) < 4.78 is 0. The lowest BCUT2D eigenvalue weighted by Crippen LogP contribution is -2.37. The van der Waals surface area contributed by atoms with Gasteiger partial charge in [-0.3, -0.25) is 0 Å². The minimum absolute atomic E-state index is 0.0664. The van der Waals surface area contributed by atoms with Gasteiger partial charge < -0.3 is 10.6 Å². The number of hydrogen-bond donors (Lipinski definition) is 2. The minimum atomic E-state index is -0.0664. The molecule has 0 spiro atoms. The molecule has 3 heteroatoms. The maximum Gasteiger partial charge on any atom is 0.314 e. The Labute approximate surface area is 110 Å². The molecule has 0 radical (unpaired) electrons. The van der Waals surface area contributed by atoms with Crippen molar-refractivity contribution < 1.29 is 4.79 Å². The van der Waals surface area contributed by atoms with E-state index in [0.717, 1.165) is 19.4 Å². The van der Waals surface area contributed by atoms with E-state index in [2.05, 4.69) is 49.6 Å². The van der Waals surface area contributed by atoms with E-state index in [-0.39, 0.29) is 6.03 Å². The molecule has 1 rings (SSSR count). The highest BCUT2D eigenvalue weighted by Crippen LogP contribution is 2.03. The molecule has 0 atom stereocenters. The first-order valence-corrected chi connectivity index (χ1v) is 6.65. The fourth-order valence-electron chi connectivity index (χ4n) is 1.72. The molecular formula is C15H24N2O. The smallest absolute Gasteiger partial charge is 0.314 e. The molecule has 0 aliphatic carbocycles. The van der Waals surface area contributed by atoms with Crippen molar-refractivity contribution in [3.63, 3.8) is 0 Å². The molecule has 1 aromatic rings. The third-order valence-electron chi connectivity index (χ3n) is 2.79. The number of rotatable bonds is 6. The van der Waals surface area contributed by atoms with Crippen molar-refractivity contribution in [3.05, 3.63) is 35.4 Å². The van der Waals surface area contributed by atoms with Gasteiger partial charge in [-0.25, -0.2) is 4.79 Å². The summed E-state index contributed by atoms with van der Waals surface area (Å²) in [4.78, 5) is 11.5. The van der Waals surface area contributed by atoms with Gasteiger partial charge in [0.05, 0.1) is 0 Å². The van der Waals surface area contributed by atoms with Crippen LogP contribution in [-0.4, -0.2) is 19.1 Å². The van der Waals surface area contributed by atoms with Crippen molar-refractivity contribution in [2.75, 3.05) is 13.1 Å². The molecule has 0 aliphatic rings. The zero-order valence-electron chi connectivity index (χ0n) is 11.6. The Bertz CT molecular complexity index is 375. The van der Waals surface area contributed by atoms with Crippen LogP contribution < -0.4 is 10.6 Å². The number of amides is 2. The molecule has 2 amide bonds. The highest BCUT2D eigenvalue weighted by atomic mass is 16.2. The summed E-state index contributed by atoms with van der Waals surface area (Å²) in [7, 11) is 0. The fourth-order valence-corrected chi connectivity index (χ4v) is 1.72. The summed E-state index contributed by atoms with van der Waals surface area (Å²) in [5, 5.41) is 5.74. The Morgan fingerprint density at radius 1 is 1.22 bits per heavy atom. The van der Waals surface area contributed by atoms with E-state index in [1.807, 2.05) is 6.07 Å². The van der Waals surface area contributed by atoms with Gasteiger partial charge in [0.25, 0.3) is 0 Å². The predicted octanol–water partition coefficient (Wildman–Crippen LogP) is 2.88. The summed E-state index contributed by atoms with van der Waals surface area (Å²) in [5.74, 6) is 0.623. The molecule has 1 aromatic carbocycles. The van der Waals surface area contributed by atoms with Gasteiger partial charge in [0, 0.05) is 13.1 Å². The molecule has 18 heavy (non-hydrogen) atoms. The Kier molecular flexibility index (Phi) is 6.26. The van der Waals surface area contributed by atoms with Gasteiger partial charge >= 0.3 is 6.03 Å². The van der Waals surface area contributed by atoms with E-state index in [1.54, 1.807) is 0 Å².